The minimum Gasteiger partial charge on any atom is -0.493 e. The number of sulfonamides is 1. The number of aryl methyl sites for hydroxylation is 1. The van der Waals surface area contributed by atoms with E-state index in [-0.39, 0.29) is 19.2 Å². The fourth-order valence-corrected chi connectivity index (χ4v) is 3.70. The lowest BCUT2D eigenvalue weighted by atomic mass is 10.2. The average Bonchev–Trinajstić information content (AvgIpc) is 2.64. The Morgan fingerprint density at radius 2 is 1.83 bits per heavy atom. The molecule has 7 nitrogen and oxygen atoms in total. The predicted molar refractivity (Wildman–Crippen MR) is 114 cm³/mol. The van der Waals surface area contributed by atoms with Gasteiger partial charge in [0.25, 0.3) is 0 Å². The predicted octanol–water partition coefficient (Wildman–Crippen LogP) is 2.87. The van der Waals surface area contributed by atoms with Crippen LogP contribution in [0.25, 0.3) is 0 Å². The number of amides is 1. The van der Waals surface area contributed by atoms with Gasteiger partial charge in [-0.2, -0.15) is 0 Å². The van der Waals surface area contributed by atoms with Crippen molar-refractivity contribution < 1.29 is 22.7 Å². The van der Waals surface area contributed by atoms with Crippen molar-refractivity contribution in [2.45, 2.75) is 33.4 Å². The van der Waals surface area contributed by atoms with Gasteiger partial charge in [-0.15, -0.1) is 0 Å². The molecular formula is C21H28N2O5S. The molecule has 0 aliphatic rings. The molecule has 0 aliphatic carbocycles. The van der Waals surface area contributed by atoms with E-state index in [0.29, 0.717) is 17.2 Å². The Labute approximate surface area is 172 Å². The molecular weight excluding hydrogens is 392 g/mol. The van der Waals surface area contributed by atoms with Crippen LogP contribution in [0.3, 0.4) is 0 Å². The van der Waals surface area contributed by atoms with Crippen LogP contribution in [0.4, 0.5) is 5.69 Å². The summed E-state index contributed by atoms with van der Waals surface area (Å²) in [4.78, 5) is 12.5. The molecule has 0 unspecified atom stereocenters. The van der Waals surface area contributed by atoms with Crippen molar-refractivity contribution in [2.24, 2.45) is 0 Å². The van der Waals surface area contributed by atoms with Crippen molar-refractivity contribution in [3.63, 3.8) is 0 Å². The highest BCUT2D eigenvalue weighted by Crippen LogP contribution is 2.29. The maximum Gasteiger partial charge on any atom is 0.241 e. The van der Waals surface area contributed by atoms with Crippen LogP contribution in [0.15, 0.2) is 42.5 Å². The zero-order chi connectivity index (χ0) is 21.6. The third-order valence-electron chi connectivity index (χ3n) is 4.15. The topological polar surface area (TPSA) is 84.9 Å². The lowest BCUT2D eigenvalue weighted by Crippen LogP contribution is -2.40. The Morgan fingerprint density at radius 1 is 1.14 bits per heavy atom. The summed E-state index contributed by atoms with van der Waals surface area (Å²) in [6, 6.07) is 12.5. The van der Waals surface area contributed by atoms with Gasteiger partial charge in [-0.05, 0) is 50.1 Å². The van der Waals surface area contributed by atoms with Crippen LogP contribution >= 0.6 is 0 Å². The maximum atomic E-state index is 12.5. The number of ether oxygens (including phenoxy) is 2. The van der Waals surface area contributed by atoms with Crippen molar-refractivity contribution in [2.75, 3.05) is 24.2 Å². The molecule has 0 heterocycles. The lowest BCUT2D eigenvalue weighted by molar-refractivity contribution is -0.119. The van der Waals surface area contributed by atoms with E-state index in [1.54, 1.807) is 44.4 Å². The Morgan fingerprint density at radius 3 is 2.41 bits per heavy atom. The molecule has 29 heavy (non-hydrogen) atoms. The Balaban J connectivity index is 2.09. The first kappa shape index (κ1) is 22.5. The molecule has 0 saturated carbocycles. The second-order valence-electron chi connectivity index (χ2n) is 6.98. The normalized spacial score (nSPS) is 11.2. The number of nitrogens with one attached hydrogen (secondary N) is 1. The molecule has 0 bridgehead atoms. The molecule has 2 rings (SSSR count). The maximum absolute atomic E-state index is 12.5. The van der Waals surface area contributed by atoms with Gasteiger partial charge in [-0.1, -0.05) is 24.3 Å². The van der Waals surface area contributed by atoms with Gasteiger partial charge < -0.3 is 14.8 Å². The number of anilines is 1. The van der Waals surface area contributed by atoms with Crippen molar-refractivity contribution in [1.29, 1.82) is 0 Å². The summed E-state index contributed by atoms with van der Waals surface area (Å²) in [5.41, 5.74) is 2.08. The van der Waals surface area contributed by atoms with Gasteiger partial charge >= 0.3 is 0 Å². The van der Waals surface area contributed by atoms with Crippen LogP contribution in [0.1, 0.15) is 25.0 Å². The Hall–Kier alpha value is -2.74. The second-order valence-corrected chi connectivity index (χ2v) is 8.89. The number of hydrogen-bond donors (Lipinski definition) is 1. The molecule has 0 aliphatic heterocycles. The number of benzene rings is 2. The highest BCUT2D eigenvalue weighted by molar-refractivity contribution is 7.92. The van der Waals surface area contributed by atoms with E-state index >= 15 is 0 Å². The van der Waals surface area contributed by atoms with Gasteiger partial charge in [0.2, 0.25) is 15.9 Å². The van der Waals surface area contributed by atoms with Gasteiger partial charge in [0, 0.05) is 6.54 Å². The molecule has 2 aromatic rings. The summed E-state index contributed by atoms with van der Waals surface area (Å²) in [6.45, 7) is 5.60. The van der Waals surface area contributed by atoms with Crippen molar-refractivity contribution in [3.05, 3.63) is 53.6 Å². The molecule has 0 atom stereocenters. The molecule has 0 fully saturated rings. The van der Waals surface area contributed by atoms with E-state index < -0.39 is 15.9 Å². The summed E-state index contributed by atoms with van der Waals surface area (Å²) in [7, 11) is -2.06. The van der Waals surface area contributed by atoms with Gasteiger partial charge in [-0.3, -0.25) is 9.10 Å². The smallest absolute Gasteiger partial charge is 0.241 e. The quantitative estimate of drug-likeness (QED) is 0.674. The van der Waals surface area contributed by atoms with Crippen molar-refractivity contribution >= 4 is 21.6 Å². The largest absolute Gasteiger partial charge is 0.493 e. The van der Waals surface area contributed by atoms with Crippen LogP contribution in [0.2, 0.25) is 0 Å². The van der Waals surface area contributed by atoms with E-state index in [0.717, 1.165) is 21.7 Å². The number of carbonyl (C=O) groups excluding carboxylic acids is 1. The molecule has 1 amide bonds. The van der Waals surface area contributed by atoms with E-state index in [9.17, 15) is 13.2 Å². The van der Waals surface area contributed by atoms with Crippen LogP contribution < -0.4 is 19.1 Å². The van der Waals surface area contributed by atoms with E-state index in [1.807, 2.05) is 26.0 Å². The number of rotatable bonds is 9. The summed E-state index contributed by atoms with van der Waals surface area (Å²) in [6.07, 6.45) is 1.10. The van der Waals surface area contributed by atoms with E-state index in [2.05, 4.69) is 5.32 Å². The molecule has 0 radical (unpaired) electrons. The van der Waals surface area contributed by atoms with Gasteiger partial charge in [0.1, 0.15) is 6.54 Å². The Bertz CT molecular complexity index is 957. The summed E-state index contributed by atoms with van der Waals surface area (Å²) < 4.78 is 36.6. The number of carbonyl (C=O) groups is 1. The molecule has 8 heteroatoms. The van der Waals surface area contributed by atoms with Crippen LogP contribution in [0, 0.1) is 6.92 Å². The molecule has 2 aromatic carbocycles. The first-order valence-corrected chi connectivity index (χ1v) is 11.1. The fraction of sp³-hybridized carbons (Fsp3) is 0.381. The molecule has 0 saturated heterocycles. The monoisotopic (exact) mass is 420 g/mol. The number of para-hydroxylation sites is 1. The fourth-order valence-electron chi connectivity index (χ4n) is 2.78. The third-order valence-corrected chi connectivity index (χ3v) is 5.28. The highest BCUT2D eigenvalue weighted by Gasteiger charge is 2.22. The van der Waals surface area contributed by atoms with Gasteiger partial charge in [-0.25, -0.2) is 8.42 Å². The summed E-state index contributed by atoms with van der Waals surface area (Å²) >= 11 is 0. The standard InChI is InChI=1S/C21H28N2O5S/c1-15(2)28-19-11-10-17(12-20(19)27-4)13-22-21(24)14-23(29(5,25)26)18-9-7-6-8-16(18)3/h6-12,15H,13-14H2,1-5H3,(H,22,24). The summed E-state index contributed by atoms with van der Waals surface area (Å²) in [5.74, 6) is 0.795. The SMILES string of the molecule is COc1cc(CNC(=O)CN(c2ccccc2C)S(C)(=O)=O)ccc1OC(C)C. The third kappa shape index (κ3) is 6.39. The Kier molecular flexibility index (Phi) is 7.50. The van der Waals surface area contributed by atoms with Crippen LogP contribution in [0.5, 0.6) is 11.5 Å². The first-order chi connectivity index (χ1) is 13.6. The zero-order valence-electron chi connectivity index (χ0n) is 17.4. The number of nitrogens with zero attached hydrogens (tertiary/aromatic N) is 1. The van der Waals surface area contributed by atoms with E-state index in [4.69, 9.17) is 9.47 Å². The van der Waals surface area contributed by atoms with Crippen molar-refractivity contribution in [1.82, 2.24) is 5.32 Å². The van der Waals surface area contributed by atoms with Crippen LogP contribution in [-0.2, 0) is 21.4 Å². The minimum absolute atomic E-state index is 0.0119. The average molecular weight is 421 g/mol. The number of methoxy groups -OCH3 is 1. The molecule has 158 valence electrons. The van der Waals surface area contributed by atoms with Crippen LogP contribution in [-0.4, -0.2) is 40.3 Å². The van der Waals surface area contributed by atoms with Gasteiger partial charge in [0.15, 0.2) is 11.5 Å². The number of hydrogen-bond acceptors (Lipinski definition) is 5. The van der Waals surface area contributed by atoms with E-state index in [1.165, 1.54) is 0 Å². The molecule has 1 N–H and O–H groups in total. The summed E-state index contributed by atoms with van der Waals surface area (Å²) in [5, 5.41) is 2.76. The zero-order valence-corrected chi connectivity index (χ0v) is 18.2. The minimum atomic E-state index is -3.61. The van der Waals surface area contributed by atoms with Gasteiger partial charge in [0.05, 0.1) is 25.2 Å². The van der Waals surface area contributed by atoms with Crippen molar-refractivity contribution in [3.8, 4) is 11.5 Å². The molecule has 0 aromatic heterocycles. The second kappa shape index (κ2) is 9.65. The first-order valence-electron chi connectivity index (χ1n) is 9.25. The lowest BCUT2D eigenvalue weighted by Gasteiger charge is -2.23. The highest BCUT2D eigenvalue weighted by atomic mass is 32.2. The molecule has 0 spiro atoms.